The maximum atomic E-state index is 11.9. The Labute approximate surface area is 150 Å². The lowest BCUT2D eigenvalue weighted by Gasteiger charge is -2.06. The second kappa shape index (κ2) is 8.77. The normalized spacial score (nSPS) is 11.5. The monoisotopic (exact) mass is 408 g/mol. The Morgan fingerprint density at radius 3 is 2.54 bits per heavy atom. The molecule has 24 heavy (non-hydrogen) atoms. The Morgan fingerprint density at radius 1 is 1.08 bits per heavy atom. The number of sulfonamides is 1. The van der Waals surface area contributed by atoms with Gasteiger partial charge in [-0.05, 0) is 29.8 Å². The van der Waals surface area contributed by atoms with Crippen LogP contribution in [0.2, 0.25) is 0 Å². The van der Waals surface area contributed by atoms with Crippen molar-refractivity contribution in [1.29, 1.82) is 0 Å². The fourth-order valence-electron chi connectivity index (χ4n) is 1.88. The van der Waals surface area contributed by atoms with Gasteiger partial charge in [0.2, 0.25) is 15.9 Å². The highest BCUT2D eigenvalue weighted by molar-refractivity contribution is 9.10. The van der Waals surface area contributed by atoms with Gasteiger partial charge in [0.05, 0.1) is 0 Å². The zero-order valence-electron chi connectivity index (χ0n) is 12.8. The smallest absolute Gasteiger partial charge is 0.233 e. The van der Waals surface area contributed by atoms with Crippen molar-refractivity contribution in [2.24, 2.45) is 0 Å². The SMILES string of the molecule is O=C(CCNS(=O)(=O)/C=C/c1ccccc1)Nc1cccc(Br)c1. The van der Waals surface area contributed by atoms with Crippen molar-refractivity contribution in [3.8, 4) is 0 Å². The average molecular weight is 409 g/mol. The predicted octanol–water partition coefficient (Wildman–Crippen LogP) is 3.37. The molecule has 0 atom stereocenters. The van der Waals surface area contributed by atoms with Crippen molar-refractivity contribution < 1.29 is 13.2 Å². The third-order valence-corrected chi connectivity index (χ3v) is 4.60. The number of nitrogens with one attached hydrogen (secondary N) is 2. The molecule has 0 saturated heterocycles. The maximum Gasteiger partial charge on any atom is 0.233 e. The van der Waals surface area contributed by atoms with Gasteiger partial charge in [0, 0.05) is 28.5 Å². The first-order valence-electron chi connectivity index (χ1n) is 7.23. The molecule has 0 aliphatic rings. The van der Waals surface area contributed by atoms with E-state index in [2.05, 4.69) is 26.0 Å². The van der Waals surface area contributed by atoms with E-state index in [1.54, 1.807) is 30.3 Å². The van der Waals surface area contributed by atoms with Crippen LogP contribution in [0.4, 0.5) is 5.69 Å². The van der Waals surface area contributed by atoms with E-state index in [0.29, 0.717) is 5.69 Å². The maximum absolute atomic E-state index is 11.9. The van der Waals surface area contributed by atoms with Crippen LogP contribution in [0, 0.1) is 0 Å². The highest BCUT2D eigenvalue weighted by Crippen LogP contribution is 2.15. The molecule has 0 aliphatic heterocycles. The number of carbonyl (C=O) groups excluding carboxylic acids is 1. The first-order chi connectivity index (χ1) is 11.4. The van der Waals surface area contributed by atoms with Crippen molar-refractivity contribution >= 4 is 43.6 Å². The van der Waals surface area contributed by atoms with Gasteiger partial charge in [-0.3, -0.25) is 4.79 Å². The summed E-state index contributed by atoms with van der Waals surface area (Å²) < 4.78 is 26.9. The van der Waals surface area contributed by atoms with Crippen LogP contribution >= 0.6 is 15.9 Å². The van der Waals surface area contributed by atoms with Crippen LogP contribution in [-0.4, -0.2) is 20.9 Å². The van der Waals surface area contributed by atoms with Crippen LogP contribution in [0.3, 0.4) is 0 Å². The summed E-state index contributed by atoms with van der Waals surface area (Å²) in [5.74, 6) is -0.261. The molecule has 126 valence electrons. The average Bonchev–Trinajstić information content (AvgIpc) is 2.54. The third-order valence-electron chi connectivity index (χ3n) is 3.00. The molecule has 0 fully saturated rings. The second-order valence-electron chi connectivity index (χ2n) is 4.96. The summed E-state index contributed by atoms with van der Waals surface area (Å²) in [6.07, 6.45) is 1.55. The number of carbonyl (C=O) groups is 1. The highest BCUT2D eigenvalue weighted by Gasteiger charge is 2.07. The Balaban J connectivity index is 1.80. The molecule has 1 amide bonds. The van der Waals surface area contributed by atoms with E-state index >= 15 is 0 Å². The topological polar surface area (TPSA) is 75.3 Å². The number of rotatable bonds is 7. The van der Waals surface area contributed by atoms with Gasteiger partial charge in [0.1, 0.15) is 0 Å². The van der Waals surface area contributed by atoms with Crippen LogP contribution in [0.25, 0.3) is 6.08 Å². The van der Waals surface area contributed by atoms with Gasteiger partial charge in [0.15, 0.2) is 0 Å². The summed E-state index contributed by atoms with van der Waals surface area (Å²) in [5.41, 5.74) is 1.44. The van der Waals surface area contributed by atoms with Crippen LogP contribution in [0.15, 0.2) is 64.5 Å². The van der Waals surface area contributed by atoms with E-state index in [1.165, 1.54) is 6.08 Å². The molecule has 2 aromatic carbocycles. The zero-order valence-corrected chi connectivity index (χ0v) is 15.2. The van der Waals surface area contributed by atoms with Gasteiger partial charge in [-0.25, -0.2) is 13.1 Å². The molecule has 5 nitrogen and oxygen atoms in total. The van der Waals surface area contributed by atoms with Gasteiger partial charge in [-0.1, -0.05) is 52.3 Å². The van der Waals surface area contributed by atoms with Crippen molar-refractivity contribution in [3.05, 3.63) is 70.0 Å². The molecule has 0 saturated carbocycles. The van der Waals surface area contributed by atoms with Crippen LogP contribution < -0.4 is 10.0 Å². The Hall–Kier alpha value is -1.96. The van der Waals surface area contributed by atoms with Crippen LogP contribution in [0.1, 0.15) is 12.0 Å². The molecular weight excluding hydrogens is 392 g/mol. The Bertz CT molecular complexity index is 821. The molecule has 0 aromatic heterocycles. The van der Waals surface area contributed by atoms with E-state index in [0.717, 1.165) is 15.4 Å². The van der Waals surface area contributed by atoms with E-state index in [4.69, 9.17) is 0 Å². The first kappa shape index (κ1) is 18.4. The molecule has 2 aromatic rings. The summed E-state index contributed by atoms with van der Waals surface area (Å²) in [5, 5.41) is 3.80. The van der Waals surface area contributed by atoms with Crippen molar-refractivity contribution in [2.75, 3.05) is 11.9 Å². The molecular formula is C17H17BrN2O3S. The van der Waals surface area contributed by atoms with Crippen molar-refractivity contribution in [2.45, 2.75) is 6.42 Å². The van der Waals surface area contributed by atoms with Gasteiger partial charge in [-0.2, -0.15) is 0 Å². The molecule has 2 N–H and O–H groups in total. The molecule has 7 heteroatoms. The summed E-state index contributed by atoms with van der Waals surface area (Å²) in [6, 6.07) is 16.3. The van der Waals surface area contributed by atoms with Gasteiger partial charge in [-0.15, -0.1) is 0 Å². The Morgan fingerprint density at radius 2 is 1.83 bits per heavy atom. The summed E-state index contributed by atoms with van der Waals surface area (Å²) >= 11 is 3.32. The van der Waals surface area contributed by atoms with E-state index in [1.807, 2.05) is 24.3 Å². The van der Waals surface area contributed by atoms with E-state index in [9.17, 15) is 13.2 Å². The lowest BCUT2D eigenvalue weighted by molar-refractivity contribution is -0.116. The van der Waals surface area contributed by atoms with Gasteiger partial charge >= 0.3 is 0 Å². The lowest BCUT2D eigenvalue weighted by Crippen LogP contribution is -2.26. The summed E-state index contributed by atoms with van der Waals surface area (Å²) in [7, 11) is -3.57. The second-order valence-corrected chi connectivity index (χ2v) is 7.53. The quantitative estimate of drug-likeness (QED) is 0.737. The Kier molecular flexibility index (Phi) is 6.72. The van der Waals surface area contributed by atoms with Crippen LogP contribution in [0.5, 0.6) is 0 Å². The minimum atomic E-state index is -3.57. The minimum Gasteiger partial charge on any atom is -0.326 e. The molecule has 2 rings (SSSR count). The first-order valence-corrected chi connectivity index (χ1v) is 9.57. The lowest BCUT2D eigenvalue weighted by atomic mass is 10.2. The molecule has 0 radical (unpaired) electrons. The van der Waals surface area contributed by atoms with Crippen molar-refractivity contribution in [1.82, 2.24) is 4.72 Å². The number of benzene rings is 2. The molecule has 0 heterocycles. The van der Waals surface area contributed by atoms with Gasteiger partial charge < -0.3 is 5.32 Å². The third kappa shape index (κ3) is 6.66. The molecule has 0 unspecified atom stereocenters. The van der Waals surface area contributed by atoms with E-state index < -0.39 is 10.0 Å². The predicted molar refractivity (Wildman–Crippen MR) is 99.8 cm³/mol. The molecule has 0 aliphatic carbocycles. The largest absolute Gasteiger partial charge is 0.326 e. The molecule has 0 spiro atoms. The summed E-state index contributed by atoms with van der Waals surface area (Å²) in [4.78, 5) is 11.8. The van der Waals surface area contributed by atoms with E-state index in [-0.39, 0.29) is 18.9 Å². The number of hydrogen-bond donors (Lipinski definition) is 2. The highest BCUT2D eigenvalue weighted by atomic mass is 79.9. The zero-order chi connectivity index (χ0) is 17.4. The fourth-order valence-corrected chi connectivity index (χ4v) is 3.10. The minimum absolute atomic E-state index is 0.0291. The standard InChI is InChI=1S/C17H17BrN2O3S/c18-15-7-4-8-16(13-15)20-17(21)9-11-19-24(22,23)12-10-14-5-2-1-3-6-14/h1-8,10,12-13,19H,9,11H2,(H,20,21)/b12-10+. The number of amides is 1. The molecule has 0 bridgehead atoms. The number of halogens is 1. The number of hydrogen-bond acceptors (Lipinski definition) is 3. The fraction of sp³-hybridized carbons (Fsp3) is 0.118. The summed E-state index contributed by atoms with van der Waals surface area (Å²) in [6.45, 7) is 0.0291. The van der Waals surface area contributed by atoms with Gasteiger partial charge in [0.25, 0.3) is 0 Å². The van der Waals surface area contributed by atoms with Crippen molar-refractivity contribution in [3.63, 3.8) is 0 Å². The number of anilines is 1. The van der Waals surface area contributed by atoms with Crippen LogP contribution in [-0.2, 0) is 14.8 Å².